The fourth-order valence-corrected chi connectivity index (χ4v) is 1.87. The summed E-state index contributed by atoms with van der Waals surface area (Å²) in [4.78, 5) is 0. The third-order valence-corrected chi connectivity index (χ3v) is 3.29. The Morgan fingerprint density at radius 3 is 2.50 bits per heavy atom. The molecule has 1 unspecified atom stereocenters. The van der Waals surface area contributed by atoms with Crippen LogP contribution in [0.3, 0.4) is 0 Å². The van der Waals surface area contributed by atoms with Crippen molar-refractivity contribution >= 4 is 10.9 Å². The van der Waals surface area contributed by atoms with Crippen molar-refractivity contribution in [1.82, 2.24) is 0 Å². The maximum Gasteiger partial charge on any atom is 0.223 e. The van der Waals surface area contributed by atoms with Gasteiger partial charge in [-0.05, 0) is 24.0 Å². The predicted molar refractivity (Wildman–Crippen MR) is 66.2 cm³/mol. The largest absolute Gasteiger partial charge is 0.618 e. The topological polar surface area (TPSA) is 26.9 Å². The van der Waals surface area contributed by atoms with Crippen molar-refractivity contribution < 1.29 is 4.73 Å². The first-order chi connectivity index (χ1) is 7.59. The highest BCUT2D eigenvalue weighted by atomic mass is 16.5. The Labute approximate surface area is 96.1 Å². The Balaban J connectivity index is 2.58. The molecule has 2 nitrogen and oxygen atoms in total. The third-order valence-electron chi connectivity index (χ3n) is 3.29. The van der Waals surface area contributed by atoms with Crippen LogP contribution < -0.4 is 4.73 Å². The lowest BCUT2D eigenvalue weighted by Crippen LogP contribution is -2.27. The van der Waals surface area contributed by atoms with E-state index in [1.54, 1.807) is 6.20 Å². The Morgan fingerprint density at radius 2 is 1.81 bits per heavy atom. The molecule has 0 bridgehead atoms. The number of rotatable bonds is 2. The quantitative estimate of drug-likeness (QED) is 0.558. The van der Waals surface area contributed by atoms with Gasteiger partial charge in [0.2, 0.25) is 5.52 Å². The number of para-hydroxylation sites is 1. The van der Waals surface area contributed by atoms with E-state index in [0.29, 0.717) is 11.8 Å². The standard InChI is InChI=1S/C14H17NO/c1-10(2)11(3)13-8-12-6-4-5-7-14(12)15(16)9-13/h4-11H,1-3H3. The first kappa shape index (κ1) is 10.9. The van der Waals surface area contributed by atoms with Gasteiger partial charge in [0.05, 0.1) is 0 Å². The van der Waals surface area contributed by atoms with Crippen molar-refractivity contribution in [2.24, 2.45) is 5.92 Å². The van der Waals surface area contributed by atoms with E-state index in [0.717, 1.165) is 21.2 Å². The summed E-state index contributed by atoms with van der Waals surface area (Å²) in [5, 5.41) is 12.9. The molecule has 0 fully saturated rings. The van der Waals surface area contributed by atoms with E-state index in [1.807, 2.05) is 24.3 Å². The van der Waals surface area contributed by atoms with Gasteiger partial charge in [0.15, 0.2) is 6.20 Å². The number of hydrogen-bond acceptors (Lipinski definition) is 1. The van der Waals surface area contributed by atoms with Crippen LogP contribution in [0.5, 0.6) is 0 Å². The molecule has 1 aromatic heterocycles. The summed E-state index contributed by atoms with van der Waals surface area (Å²) < 4.78 is 0.976. The van der Waals surface area contributed by atoms with Crippen LogP contribution in [0.1, 0.15) is 32.3 Å². The molecule has 0 N–H and O–H groups in total. The summed E-state index contributed by atoms with van der Waals surface area (Å²) in [7, 11) is 0. The molecule has 1 atom stereocenters. The Hall–Kier alpha value is -1.57. The molecule has 0 saturated carbocycles. The van der Waals surface area contributed by atoms with Gasteiger partial charge in [0, 0.05) is 17.0 Å². The molecule has 0 saturated heterocycles. The van der Waals surface area contributed by atoms with Gasteiger partial charge in [-0.3, -0.25) is 0 Å². The van der Waals surface area contributed by atoms with Gasteiger partial charge in [0.25, 0.3) is 0 Å². The summed E-state index contributed by atoms with van der Waals surface area (Å²) in [6.07, 6.45) is 1.70. The van der Waals surface area contributed by atoms with Crippen molar-refractivity contribution in [1.29, 1.82) is 0 Å². The van der Waals surface area contributed by atoms with Crippen LogP contribution in [0.2, 0.25) is 0 Å². The fourth-order valence-electron chi connectivity index (χ4n) is 1.87. The van der Waals surface area contributed by atoms with Crippen molar-refractivity contribution in [2.45, 2.75) is 26.7 Å². The van der Waals surface area contributed by atoms with E-state index in [-0.39, 0.29) is 0 Å². The molecule has 0 aliphatic rings. The number of benzene rings is 1. The van der Waals surface area contributed by atoms with Crippen LogP contribution in [-0.2, 0) is 0 Å². The van der Waals surface area contributed by atoms with Crippen LogP contribution in [0.15, 0.2) is 36.5 Å². The lowest BCUT2D eigenvalue weighted by Gasteiger charge is -2.15. The second-order valence-electron chi connectivity index (χ2n) is 4.69. The molecule has 16 heavy (non-hydrogen) atoms. The highest BCUT2D eigenvalue weighted by molar-refractivity contribution is 5.76. The van der Waals surface area contributed by atoms with Crippen LogP contribution in [-0.4, -0.2) is 0 Å². The average molecular weight is 215 g/mol. The number of hydrogen-bond donors (Lipinski definition) is 0. The molecule has 84 valence electrons. The zero-order valence-corrected chi connectivity index (χ0v) is 9.97. The number of aromatic nitrogens is 1. The summed E-state index contributed by atoms with van der Waals surface area (Å²) >= 11 is 0. The van der Waals surface area contributed by atoms with Crippen LogP contribution >= 0.6 is 0 Å². The van der Waals surface area contributed by atoms with Gasteiger partial charge in [-0.1, -0.05) is 32.9 Å². The summed E-state index contributed by atoms with van der Waals surface area (Å²) in [6, 6.07) is 9.81. The molecule has 0 aliphatic carbocycles. The number of nitrogens with zero attached hydrogens (tertiary/aromatic N) is 1. The minimum atomic E-state index is 0.407. The van der Waals surface area contributed by atoms with E-state index in [9.17, 15) is 5.21 Å². The molecule has 2 aromatic rings. The molecule has 0 aliphatic heterocycles. The molecular formula is C14H17NO. The monoisotopic (exact) mass is 215 g/mol. The summed E-state index contributed by atoms with van der Waals surface area (Å²) in [5.41, 5.74) is 1.85. The minimum absolute atomic E-state index is 0.407. The zero-order valence-electron chi connectivity index (χ0n) is 9.97. The SMILES string of the molecule is CC(C)C(C)c1cc2ccccc2[n+]([O-])c1. The van der Waals surface area contributed by atoms with Crippen molar-refractivity contribution in [3.8, 4) is 0 Å². The molecular weight excluding hydrogens is 198 g/mol. The van der Waals surface area contributed by atoms with Gasteiger partial charge in [-0.2, -0.15) is 4.73 Å². The number of pyridine rings is 1. The van der Waals surface area contributed by atoms with E-state index in [4.69, 9.17) is 0 Å². The molecule has 1 aromatic carbocycles. The molecule has 1 heterocycles. The lowest BCUT2D eigenvalue weighted by atomic mass is 9.91. The van der Waals surface area contributed by atoms with Gasteiger partial charge in [-0.15, -0.1) is 0 Å². The Morgan fingerprint density at radius 1 is 1.12 bits per heavy atom. The molecule has 0 amide bonds. The first-order valence-corrected chi connectivity index (χ1v) is 5.71. The summed E-state index contributed by atoms with van der Waals surface area (Å²) in [5.74, 6) is 0.950. The maximum atomic E-state index is 11.8. The van der Waals surface area contributed by atoms with Crippen molar-refractivity contribution in [2.75, 3.05) is 0 Å². The maximum absolute atomic E-state index is 11.8. The first-order valence-electron chi connectivity index (χ1n) is 5.71. The smallest absolute Gasteiger partial charge is 0.223 e. The van der Waals surface area contributed by atoms with Gasteiger partial charge < -0.3 is 5.21 Å². The molecule has 2 rings (SSSR count). The van der Waals surface area contributed by atoms with E-state index >= 15 is 0 Å². The second-order valence-corrected chi connectivity index (χ2v) is 4.69. The summed E-state index contributed by atoms with van der Waals surface area (Å²) in [6.45, 7) is 6.51. The van der Waals surface area contributed by atoms with E-state index in [2.05, 4.69) is 26.8 Å². The van der Waals surface area contributed by atoms with E-state index < -0.39 is 0 Å². The molecule has 0 radical (unpaired) electrons. The van der Waals surface area contributed by atoms with Gasteiger partial charge >= 0.3 is 0 Å². The van der Waals surface area contributed by atoms with Crippen LogP contribution in [0.25, 0.3) is 10.9 Å². The highest BCUT2D eigenvalue weighted by Crippen LogP contribution is 2.24. The van der Waals surface area contributed by atoms with Crippen molar-refractivity contribution in [3.63, 3.8) is 0 Å². The minimum Gasteiger partial charge on any atom is -0.618 e. The number of fused-ring (bicyclic) bond motifs is 1. The average Bonchev–Trinajstić information content (AvgIpc) is 2.28. The van der Waals surface area contributed by atoms with Gasteiger partial charge in [-0.25, -0.2) is 0 Å². The van der Waals surface area contributed by atoms with Crippen molar-refractivity contribution in [3.05, 3.63) is 47.3 Å². The predicted octanol–water partition coefficient (Wildman–Crippen LogP) is 3.23. The van der Waals surface area contributed by atoms with Crippen LogP contribution in [0.4, 0.5) is 0 Å². The second kappa shape index (κ2) is 4.12. The molecule has 2 heteroatoms. The highest BCUT2D eigenvalue weighted by Gasteiger charge is 2.14. The fraction of sp³-hybridized carbons (Fsp3) is 0.357. The van der Waals surface area contributed by atoms with E-state index in [1.165, 1.54) is 0 Å². The lowest BCUT2D eigenvalue weighted by molar-refractivity contribution is -0.577. The Bertz CT molecular complexity index is 505. The third kappa shape index (κ3) is 1.87. The van der Waals surface area contributed by atoms with Gasteiger partial charge in [0.1, 0.15) is 0 Å². The molecule has 0 spiro atoms. The normalized spacial score (nSPS) is 13.2. The Kier molecular flexibility index (Phi) is 2.82. The zero-order chi connectivity index (χ0) is 11.7. The van der Waals surface area contributed by atoms with Crippen LogP contribution in [0, 0.1) is 11.1 Å².